The second-order valence-electron chi connectivity index (χ2n) is 9.71. The van der Waals surface area contributed by atoms with E-state index in [0.29, 0.717) is 0 Å². The first kappa shape index (κ1) is 24.6. The van der Waals surface area contributed by atoms with E-state index in [4.69, 9.17) is 4.74 Å². The van der Waals surface area contributed by atoms with Gasteiger partial charge in [0.15, 0.2) is 0 Å². The van der Waals surface area contributed by atoms with Gasteiger partial charge in [-0.05, 0) is 46.6 Å². The Bertz CT molecular complexity index is 1240. The fourth-order valence-corrected chi connectivity index (χ4v) is 5.30. The predicted molar refractivity (Wildman–Crippen MR) is 139 cm³/mol. The molecule has 3 aromatic rings. The van der Waals surface area contributed by atoms with Crippen molar-refractivity contribution in [2.24, 2.45) is 5.92 Å². The van der Waals surface area contributed by atoms with Gasteiger partial charge in [-0.3, -0.25) is 9.59 Å². The number of nitrogens with one attached hydrogen (secondary N) is 1. The lowest BCUT2D eigenvalue weighted by Gasteiger charge is -2.36. The van der Waals surface area contributed by atoms with Gasteiger partial charge in [0.05, 0.1) is 0 Å². The average molecular weight is 499 g/mol. The van der Waals surface area contributed by atoms with Gasteiger partial charge >= 0.3 is 12.1 Å². The van der Waals surface area contributed by atoms with Crippen molar-refractivity contribution < 1.29 is 24.2 Å². The average Bonchev–Trinajstić information content (AvgIpc) is 3.19. The van der Waals surface area contributed by atoms with E-state index in [1.54, 1.807) is 0 Å². The molecule has 1 unspecified atom stereocenters. The molecular formula is C30H30N2O5. The van der Waals surface area contributed by atoms with E-state index in [9.17, 15) is 19.5 Å². The lowest BCUT2D eigenvalue weighted by atomic mass is 9.79. The third-order valence-electron chi connectivity index (χ3n) is 7.36. The van der Waals surface area contributed by atoms with E-state index in [2.05, 4.69) is 29.6 Å². The molecule has 0 radical (unpaired) electrons. The number of amides is 2. The number of aliphatic carboxylic acids is 1. The van der Waals surface area contributed by atoms with Gasteiger partial charge in [0.1, 0.15) is 19.2 Å². The Morgan fingerprint density at radius 2 is 1.49 bits per heavy atom. The Labute approximate surface area is 216 Å². The molecule has 2 N–H and O–H groups in total. The number of hydrogen-bond acceptors (Lipinski definition) is 4. The minimum absolute atomic E-state index is 0.0416. The number of hydrogen-bond donors (Lipinski definition) is 2. The maximum Gasteiger partial charge on any atom is 0.407 e. The summed E-state index contributed by atoms with van der Waals surface area (Å²) in [5, 5.41) is 12.2. The van der Waals surface area contributed by atoms with Crippen LogP contribution in [0.2, 0.25) is 0 Å². The molecule has 190 valence electrons. The molecule has 1 atom stereocenters. The van der Waals surface area contributed by atoms with Crippen LogP contribution in [0.3, 0.4) is 0 Å². The highest BCUT2D eigenvalue weighted by molar-refractivity contribution is 5.88. The van der Waals surface area contributed by atoms with Crippen LogP contribution in [-0.4, -0.2) is 47.2 Å². The summed E-state index contributed by atoms with van der Waals surface area (Å²) in [5.74, 6) is -1.63. The molecule has 7 nitrogen and oxygen atoms in total. The number of nitrogens with zero attached hydrogens (tertiary/aromatic N) is 1. The van der Waals surface area contributed by atoms with Crippen molar-refractivity contribution in [2.75, 3.05) is 13.2 Å². The highest BCUT2D eigenvalue weighted by Crippen LogP contribution is 2.44. The smallest absolute Gasteiger partial charge is 0.407 e. The zero-order chi connectivity index (χ0) is 25.8. The summed E-state index contributed by atoms with van der Waals surface area (Å²) >= 11 is 0. The van der Waals surface area contributed by atoms with Crippen LogP contribution in [0.1, 0.15) is 41.9 Å². The molecule has 0 saturated heterocycles. The number of fused-ring (bicyclic) bond motifs is 3. The third kappa shape index (κ3) is 5.35. The summed E-state index contributed by atoms with van der Waals surface area (Å²) < 4.78 is 5.68. The molecule has 0 spiro atoms. The first-order valence-electron chi connectivity index (χ1n) is 12.7. The normalized spacial score (nSPS) is 15.1. The lowest BCUT2D eigenvalue weighted by Crippen LogP contribution is -2.54. The number of rotatable bonds is 9. The van der Waals surface area contributed by atoms with E-state index in [0.717, 1.165) is 47.1 Å². The van der Waals surface area contributed by atoms with Gasteiger partial charge in [0, 0.05) is 12.5 Å². The maximum atomic E-state index is 13.5. The Hall–Kier alpha value is -4.13. The number of ether oxygens (including phenoxy) is 1. The summed E-state index contributed by atoms with van der Waals surface area (Å²) in [6.45, 7) is -0.140. The second-order valence-corrected chi connectivity index (χ2v) is 9.71. The predicted octanol–water partition coefficient (Wildman–Crippen LogP) is 4.81. The largest absolute Gasteiger partial charge is 0.480 e. The molecule has 1 saturated carbocycles. The van der Waals surface area contributed by atoms with Gasteiger partial charge in [-0.2, -0.15) is 0 Å². The van der Waals surface area contributed by atoms with Gasteiger partial charge in [-0.25, -0.2) is 4.79 Å². The van der Waals surface area contributed by atoms with E-state index >= 15 is 0 Å². The zero-order valence-electron chi connectivity index (χ0n) is 20.5. The minimum atomic E-state index is -1.10. The quantitative estimate of drug-likeness (QED) is 0.442. The number of alkyl carbamates (subject to hydrolysis) is 1. The first-order valence-corrected chi connectivity index (χ1v) is 12.7. The third-order valence-corrected chi connectivity index (χ3v) is 7.36. The van der Waals surface area contributed by atoms with Crippen molar-refractivity contribution in [1.29, 1.82) is 0 Å². The summed E-state index contributed by atoms with van der Waals surface area (Å²) in [5.41, 5.74) is 5.32. The first-order chi connectivity index (χ1) is 18.0. The van der Waals surface area contributed by atoms with Gasteiger partial charge < -0.3 is 20.1 Å². The molecule has 7 heteroatoms. The molecular weight excluding hydrogens is 468 g/mol. The van der Waals surface area contributed by atoms with Gasteiger partial charge in [-0.15, -0.1) is 0 Å². The van der Waals surface area contributed by atoms with E-state index in [-0.39, 0.29) is 25.0 Å². The molecule has 2 aliphatic rings. The SMILES string of the molecule is O=C(O)CN(Cc1ccccc1)C(=O)C(NC(=O)OCC1c2ccccc2-c2ccccc21)C1CCC1. The molecule has 0 heterocycles. The molecule has 1 fully saturated rings. The van der Waals surface area contributed by atoms with Crippen molar-refractivity contribution in [3.05, 3.63) is 95.6 Å². The Morgan fingerprint density at radius 3 is 2.05 bits per heavy atom. The van der Waals surface area contributed by atoms with Crippen molar-refractivity contribution in [3.8, 4) is 11.1 Å². The molecule has 5 rings (SSSR count). The van der Waals surface area contributed by atoms with Gasteiger partial charge in [0.2, 0.25) is 5.91 Å². The number of carboxylic acid groups (broad SMARTS) is 1. The number of benzene rings is 3. The number of carboxylic acids is 1. The maximum absolute atomic E-state index is 13.5. The summed E-state index contributed by atoms with van der Waals surface area (Å²) in [6, 6.07) is 24.6. The van der Waals surface area contributed by atoms with Crippen LogP contribution in [0.25, 0.3) is 11.1 Å². The van der Waals surface area contributed by atoms with Crippen molar-refractivity contribution in [1.82, 2.24) is 10.2 Å². The summed E-state index contributed by atoms with van der Waals surface area (Å²) in [4.78, 5) is 39.3. The number of carbonyl (C=O) groups is 3. The Morgan fingerprint density at radius 1 is 0.892 bits per heavy atom. The van der Waals surface area contributed by atoms with Crippen LogP contribution in [0.4, 0.5) is 4.79 Å². The highest BCUT2D eigenvalue weighted by atomic mass is 16.5. The minimum Gasteiger partial charge on any atom is -0.480 e. The van der Waals surface area contributed by atoms with E-state index in [1.807, 2.05) is 54.6 Å². The van der Waals surface area contributed by atoms with E-state index in [1.165, 1.54) is 4.90 Å². The van der Waals surface area contributed by atoms with Gasteiger partial charge in [0.25, 0.3) is 0 Å². The molecule has 2 aliphatic carbocycles. The molecule has 0 aliphatic heterocycles. The topological polar surface area (TPSA) is 95.9 Å². The monoisotopic (exact) mass is 498 g/mol. The second kappa shape index (κ2) is 10.9. The summed E-state index contributed by atoms with van der Waals surface area (Å²) in [6.07, 6.45) is 1.90. The molecule has 3 aromatic carbocycles. The van der Waals surface area contributed by atoms with Gasteiger partial charge in [-0.1, -0.05) is 85.3 Å². The Kier molecular flexibility index (Phi) is 7.21. The van der Waals surface area contributed by atoms with Crippen LogP contribution in [0.15, 0.2) is 78.9 Å². The summed E-state index contributed by atoms with van der Waals surface area (Å²) in [7, 11) is 0. The molecule has 37 heavy (non-hydrogen) atoms. The standard InChI is InChI=1S/C30H30N2O5/c33-27(34)18-32(17-20-9-2-1-3-10-20)29(35)28(21-11-8-12-21)31-30(36)37-19-26-24-15-6-4-13-22(24)23-14-5-7-16-25(23)26/h1-7,9-10,13-16,21,26,28H,8,11-12,17-19H2,(H,31,36)(H,33,34). The fourth-order valence-electron chi connectivity index (χ4n) is 5.30. The molecule has 0 bridgehead atoms. The number of carbonyl (C=O) groups excluding carboxylic acids is 2. The zero-order valence-corrected chi connectivity index (χ0v) is 20.5. The van der Waals surface area contributed by atoms with Crippen LogP contribution < -0.4 is 5.32 Å². The highest BCUT2D eigenvalue weighted by Gasteiger charge is 2.38. The lowest BCUT2D eigenvalue weighted by molar-refractivity contribution is -0.146. The molecule has 0 aromatic heterocycles. The van der Waals surface area contributed by atoms with E-state index < -0.39 is 30.6 Å². The van der Waals surface area contributed by atoms with Crippen molar-refractivity contribution in [3.63, 3.8) is 0 Å². The van der Waals surface area contributed by atoms with Crippen LogP contribution in [0, 0.1) is 5.92 Å². The Balaban J connectivity index is 1.29. The molecule has 2 amide bonds. The van der Waals surface area contributed by atoms with Crippen LogP contribution in [0.5, 0.6) is 0 Å². The van der Waals surface area contributed by atoms with Crippen LogP contribution in [-0.2, 0) is 20.9 Å². The van der Waals surface area contributed by atoms with Crippen molar-refractivity contribution >= 4 is 18.0 Å². The van der Waals surface area contributed by atoms with Crippen LogP contribution >= 0.6 is 0 Å². The fraction of sp³-hybridized carbons (Fsp3) is 0.300. The van der Waals surface area contributed by atoms with Crippen molar-refractivity contribution in [2.45, 2.75) is 37.8 Å².